The first-order valence-electron chi connectivity index (χ1n) is 8.01. The van der Waals surface area contributed by atoms with Crippen LogP contribution in [0.15, 0.2) is 30.3 Å². The molecule has 0 saturated heterocycles. The van der Waals surface area contributed by atoms with Gasteiger partial charge in [0, 0.05) is 25.7 Å². The number of hydrogen-bond acceptors (Lipinski definition) is 2. The van der Waals surface area contributed by atoms with Crippen LogP contribution >= 0.6 is 11.6 Å². The van der Waals surface area contributed by atoms with E-state index in [0.29, 0.717) is 11.8 Å². The van der Waals surface area contributed by atoms with Crippen molar-refractivity contribution in [2.24, 2.45) is 7.05 Å². The second-order valence-electron chi connectivity index (χ2n) is 6.08. The van der Waals surface area contributed by atoms with Crippen LogP contribution in [0, 0.1) is 0 Å². The molecule has 22 heavy (non-hydrogen) atoms. The molecule has 0 radical (unpaired) electrons. The van der Waals surface area contributed by atoms with Gasteiger partial charge in [0.15, 0.2) is 0 Å². The van der Waals surface area contributed by atoms with Gasteiger partial charge in [0.1, 0.15) is 5.15 Å². The van der Waals surface area contributed by atoms with Crippen molar-refractivity contribution in [3.8, 4) is 0 Å². The van der Waals surface area contributed by atoms with Crippen LogP contribution in [0.3, 0.4) is 0 Å². The largest absolute Gasteiger partial charge is 0.312 e. The second-order valence-corrected chi connectivity index (χ2v) is 6.44. The fourth-order valence-electron chi connectivity index (χ4n) is 2.79. The molecule has 1 aromatic carbocycles. The molecule has 0 bridgehead atoms. The van der Waals surface area contributed by atoms with Gasteiger partial charge in [-0.2, -0.15) is 5.10 Å². The summed E-state index contributed by atoms with van der Waals surface area (Å²) in [4.78, 5) is 0. The van der Waals surface area contributed by atoms with E-state index in [9.17, 15) is 0 Å². The fourth-order valence-corrected chi connectivity index (χ4v) is 2.99. The molecule has 1 N–H and O–H groups in total. The maximum absolute atomic E-state index is 6.38. The molecular weight excluding hydrogens is 294 g/mol. The Morgan fingerprint density at radius 1 is 1.23 bits per heavy atom. The van der Waals surface area contributed by atoms with Gasteiger partial charge in [0.25, 0.3) is 0 Å². The molecule has 1 atom stereocenters. The van der Waals surface area contributed by atoms with Crippen molar-refractivity contribution in [3.63, 3.8) is 0 Å². The normalized spacial score (nSPS) is 12.8. The molecule has 0 unspecified atom stereocenters. The topological polar surface area (TPSA) is 29.9 Å². The summed E-state index contributed by atoms with van der Waals surface area (Å²) in [5, 5.41) is 8.83. The Balaban J connectivity index is 2.01. The number of aryl methyl sites for hydroxylation is 1. The SMILES string of the molecule is CC[C@@H](CNCc1c(C(C)C)nn(C)c1Cl)c1ccccc1. The zero-order valence-corrected chi connectivity index (χ0v) is 14.7. The van der Waals surface area contributed by atoms with E-state index in [0.717, 1.165) is 35.9 Å². The fraction of sp³-hybridized carbons (Fsp3) is 0.500. The zero-order valence-electron chi connectivity index (χ0n) is 13.9. The third-order valence-corrected chi connectivity index (χ3v) is 4.58. The summed E-state index contributed by atoms with van der Waals surface area (Å²) in [6, 6.07) is 10.7. The first-order valence-corrected chi connectivity index (χ1v) is 8.39. The molecule has 4 heteroatoms. The van der Waals surface area contributed by atoms with Crippen LogP contribution in [-0.2, 0) is 13.6 Å². The molecule has 0 fully saturated rings. The van der Waals surface area contributed by atoms with Gasteiger partial charge in [-0.1, -0.05) is 62.7 Å². The Morgan fingerprint density at radius 3 is 2.50 bits per heavy atom. The molecule has 0 saturated carbocycles. The number of nitrogens with zero attached hydrogens (tertiary/aromatic N) is 2. The van der Waals surface area contributed by atoms with Gasteiger partial charge < -0.3 is 5.32 Å². The summed E-state index contributed by atoms with van der Waals surface area (Å²) in [5.41, 5.74) is 3.61. The third-order valence-electron chi connectivity index (χ3n) is 4.10. The number of hydrogen-bond donors (Lipinski definition) is 1. The van der Waals surface area contributed by atoms with E-state index < -0.39 is 0 Å². The minimum Gasteiger partial charge on any atom is -0.312 e. The lowest BCUT2D eigenvalue weighted by atomic mass is 9.96. The first kappa shape index (κ1) is 17.0. The highest BCUT2D eigenvalue weighted by atomic mass is 35.5. The first-order chi connectivity index (χ1) is 10.5. The molecule has 0 amide bonds. The lowest BCUT2D eigenvalue weighted by Gasteiger charge is -2.16. The van der Waals surface area contributed by atoms with Gasteiger partial charge in [-0.05, 0) is 23.8 Å². The Kier molecular flexibility index (Phi) is 6.04. The van der Waals surface area contributed by atoms with Gasteiger partial charge in [-0.3, -0.25) is 4.68 Å². The molecule has 3 nitrogen and oxygen atoms in total. The minimum absolute atomic E-state index is 0.381. The molecule has 120 valence electrons. The van der Waals surface area contributed by atoms with E-state index in [1.807, 2.05) is 7.05 Å². The van der Waals surface area contributed by atoms with Crippen LogP contribution in [0.25, 0.3) is 0 Å². The monoisotopic (exact) mass is 319 g/mol. The summed E-state index contributed by atoms with van der Waals surface area (Å²) in [5.74, 6) is 0.908. The average molecular weight is 320 g/mol. The summed E-state index contributed by atoms with van der Waals surface area (Å²) >= 11 is 6.38. The number of nitrogens with one attached hydrogen (secondary N) is 1. The standard InChI is InChI=1S/C18H26ClN3/c1-5-14(15-9-7-6-8-10-15)11-20-12-16-17(13(2)3)21-22(4)18(16)19/h6-10,13-14,20H,5,11-12H2,1-4H3/t14-/m0/s1. The van der Waals surface area contributed by atoms with Crippen LogP contribution in [0.4, 0.5) is 0 Å². The number of benzene rings is 1. The van der Waals surface area contributed by atoms with E-state index in [4.69, 9.17) is 11.6 Å². The van der Waals surface area contributed by atoms with Crippen molar-refractivity contribution >= 4 is 11.6 Å². The van der Waals surface area contributed by atoms with Gasteiger partial charge in [-0.25, -0.2) is 0 Å². The summed E-state index contributed by atoms with van der Waals surface area (Å²) < 4.78 is 1.77. The molecule has 0 spiro atoms. The lowest BCUT2D eigenvalue weighted by Crippen LogP contribution is -2.21. The number of halogens is 1. The summed E-state index contributed by atoms with van der Waals surface area (Å²) in [6.07, 6.45) is 1.12. The maximum Gasteiger partial charge on any atom is 0.131 e. The van der Waals surface area contributed by atoms with E-state index in [1.54, 1.807) is 4.68 Å². The minimum atomic E-state index is 0.381. The van der Waals surface area contributed by atoms with Crippen LogP contribution in [0.5, 0.6) is 0 Å². The van der Waals surface area contributed by atoms with E-state index in [1.165, 1.54) is 5.56 Å². The van der Waals surface area contributed by atoms with E-state index in [2.05, 4.69) is 61.5 Å². The molecule has 0 aliphatic rings. The molecule has 1 aromatic heterocycles. The highest BCUT2D eigenvalue weighted by Gasteiger charge is 2.17. The quantitative estimate of drug-likeness (QED) is 0.815. The van der Waals surface area contributed by atoms with Crippen molar-refractivity contribution in [1.82, 2.24) is 15.1 Å². The molecule has 0 aliphatic carbocycles. The number of rotatable bonds is 7. The maximum atomic E-state index is 6.38. The highest BCUT2D eigenvalue weighted by Crippen LogP contribution is 2.25. The molecule has 0 aliphatic heterocycles. The predicted octanol–water partition coefficient (Wildman–Crippen LogP) is 4.48. The van der Waals surface area contributed by atoms with E-state index in [-0.39, 0.29) is 0 Å². The average Bonchev–Trinajstić information content (AvgIpc) is 2.81. The van der Waals surface area contributed by atoms with Gasteiger partial charge in [-0.15, -0.1) is 0 Å². The summed E-state index contributed by atoms with van der Waals surface area (Å²) in [6.45, 7) is 8.25. The molecule has 2 rings (SSSR count). The van der Waals surface area contributed by atoms with E-state index >= 15 is 0 Å². The molecular formula is C18H26ClN3. The van der Waals surface area contributed by atoms with Crippen LogP contribution < -0.4 is 5.32 Å². The zero-order chi connectivity index (χ0) is 16.1. The van der Waals surface area contributed by atoms with Gasteiger partial charge in [0.05, 0.1) is 5.69 Å². The van der Waals surface area contributed by atoms with Gasteiger partial charge in [0.2, 0.25) is 0 Å². The lowest BCUT2D eigenvalue weighted by molar-refractivity contribution is 0.567. The van der Waals surface area contributed by atoms with Crippen molar-refractivity contribution in [2.75, 3.05) is 6.54 Å². The Bertz CT molecular complexity index is 590. The summed E-state index contributed by atoms with van der Waals surface area (Å²) in [7, 11) is 1.90. The van der Waals surface area contributed by atoms with Crippen LogP contribution in [0.2, 0.25) is 5.15 Å². The molecule has 2 aromatic rings. The second kappa shape index (κ2) is 7.80. The molecule has 1 heterocycles. The third kappa shape index (κ3) is 3.90. The predicted molar refractivity (Wildman–Crippen MR) is 93.5 cm³/mol. The number of aromatic nitrogens is 2. The van der Waals surface area contributed by atoms with Crippen molar-refractivity contribution in [2.45, 2.75) is 45.6 Å². The Morgan fingerprint density at radius 2 is 1.91 bits per heavy atom. The smallest absolute Gasteiger partial charge is 0.131 e. The highest BCUT2D eigenvalue weighted by molar-refractivity contribution is 6.30. The van der Waals surface area contributed by atoms with Crippen LogP contribution in [-0.4, -0.2) is 16.3 Å². The Labute approximate surface area is 138 Å². The van der Waals surface area contributed by atoms with Crippen molar-refractivity contribution < 1.29 is 0 Å². The van der Waals surface area contributed by atoms with Crippen molar-refractivity contribution in [3.05, 3.63) is 52.3 Å². The van der Waals surface area contributed by atoms with Crippen molar-refractivity contribution in [1.29, 1.82) is 0 Å². The van der Waals surface area contributed by atoms with Crippen LogP contribution in [0.1, 0.15) is 55.8 Å². The van der Waals surface area contributed by atoms with Gasteiger partial charge >= 0.3 is 0 Å². The Hall–Kier alpha value is -1.32.